The molecular weight excluding hydrogens is 304 g/mol. The Morgan fingerprint density at radius 1 is 1.41 bits per heavy atom. The molecule has 6 nitrogen and oxygen atoms in total. The topological polar surface area (TPSA) is 84.5 Å². The Morgan fingerprint density at radius 3 is 2.73 bits per heavy atom. The molecule has 1 rings (SSSR count). The van der Waals surface area contributed by atoms with Crippen LogP contribution < -0.4 is 10.0 Å². The average Bonchev–Trinajstić information content (AvgIpc) is 2.45. The molecule has 1 aromatic rings. The average molecular weight is 326 g/mol. The minimum Gasteiger partial charge on any atom is -0.450 e. The van der Waals surface area contributed by atoms with Gasteiger partial charge in [0.2, 0.25) is 10.0 Å². The van der Waals surface area contributed by atoms with E-state index >= 15 is 0 Å². The number of hydrogen-bond acceptors (Lipinski definition) is 4. The van der Waals surface area contributed by atoms with Gasteiger partial charge < -0.3 is 10.1 Å². The van der Waals surface area contributed by atoms with Crippen LogP contribution in [0.5, 0.6) is 0 Å². The molecule has 0 unspecified atom stereocenters. The van der Waals surface area contributed by atoms with Gasteiger partial charge in [-0.3, -0.25) is 4.72 Å². The second kappa shape index (κ2) is 8.43. The van der Waals surface area contributed by atoms with Crippen LogP contribution in [-0.2, 0) is 21.3 Å². The van der Waals surface area contributed by atoms with E-state index in [0.717, 1.165) is 24.7 Å². The summed E-state index contributed by atoms with van der Waals surface area (Å²) in [5, 5.41) is 2.64. The van der Waals surface area contributed by atoms with E-state index in [1.165, 1.54) is 0 Å². The number of nitrogens with one attached hydrogen (secondary N) is 2. The molecule has 0 saturated carbocycles. The third kappa shape index (κ3) is 6.62. The summed E-state index contributed by atoms with van der Waals surface area (Å²) in [5.41, 5.74) is 1.91. The van der Waals surface area contributed by atoms with Crippen molar-refractivity contribution in [2.75, 3.05) is 17.6 Å². The first-order valence-electron chi connectivity index (χ1n) is 6.99. The van der Waals surface area contributed by atoms with Crippen molar-refractivity contribution < 1.29 is 17.9 Å². The number of hydrogen-bond donors (Lipinski definition) is 2. The number of ether oxygens (including phenoxy) is 1. The molecule has 1 amide bonds. The van der Waals surface area contributed by atoms with Crippen molar-refractivity contribution in [3.8, 4) is 0 Å². The van der Waals surface area contributed by atoms with Gasteiger partial charge in [0, 0.05) is 6.54 Å². The van der Waals surface area contributed by atoms with Gasteiger partial charge in [-0.05, 0) is 29.7 Å². The van der Waals surface area contributed by atoms with E-state index in [2.05, 4.69) is 16.6 Å². The van der Waals surface area contributed by atoms with Crippen LogP contribution in [0.1, 0.15) is 30.9 Å². The summed E-state index contributed by atoms with van der Waals surface area (Å²) in [4.78, 5) is 11.5. The molecule has 0 fully saturated rings. The number of amides is 1. The molecule has 0 heterocycles. The molecule has 0 aliphatic rings. The Kier molecular flexibility index (Phi) is 6.91. The van der Waals surface area contributed by atoms with Crippen LogP contribution in [-0.4, -0.2) is 27.4 Å². The lowest BCUT2D eigenvalue weighted by atomic mass is 10.1. The Hall–Kier alpha value is -2.02. The van der Waals surface area contributed by atoms with Crippen LogP contribution in [0.2, 0.25) is 0 Å². The number of unbranched alkanes of at least 4 members (excludes halogenated alkanes) is 1. The molecule has 0 atom stereocenters. The highest BCUT2D eigenvalue weighted by Crippen LogP contribution is 2.19. The molecule has 0 saturated heterocycles. The largest absolute Gasteiger partial charge is 0.450 e. The van der Waals surface area contributed by atoms with Crippen molar-refractivity contribution in [3.05, 3.63) is 35.9 Å². The molecule has 0 aromatic heterocycles. The predicted molar refractivity (Wildman–Crippen MR) is 88.1 cm³/mol. The molecular formula is C15H22N2O4S. The highest BCUT2D eigenvalue weighted by atomic mass is 32.2. The zero-order valence-corrected chi connectivity index (χ0v) is 13.7. The maximum absolute atomic E-state index is 11.5. The number of carbonyl (C=O) groups excluding carboxylic acids is 1. The summed E-state index contributed by atoms with van der Waals surface area (Å²) >= 11 is 0. The maximum Gasteiger partial charge on any atom is 0.407 e. The number of benzene rings is 1. The highest BCUT2D eigenvalue weighted by molar-refractivity contribution is 7.92. The van der Waals surface area contributed by atoms with E-state index in [9.17, 15) is 13.2 Å². The SMILES string of the molecule is C=Cc1cc(CNC(=O)OCCCC)ccc1NS(C)(=O)=O. The van der Waals surface area contributed by atoms with Crippen molar-refractivity contribution >= 4 is 27.9 Å². The lowest BCUT2D eigenvalue weighted by molar-refractivity contribution is 0.144. The standard InChI is InChI=1S/C15H22N2O4S/c1-4-6-9-21-15(18)16-11-12-7-8-14(13(5-2)10-12)17-22(3,19)20/h5,7-8,10,17H,2,4,6,9,11H2,1,3H3,(H,16,18). The summed E-state index contributed by atoms with van der Waals surface area (Å²) in [6.45, 7) is 6.38. The van der Waals surface area contributed by atoms with Crippen molar-refractivity contribution in [3.63, 3.8) is 0 Å². The molecule has 2 N–H and O–H groups in total. The van der Waals surface area contributed by atoms with Crippen LogP contribution in [0.3, 0.4) is 0 Å². The van der Waals surface area contributed by atoms with Gasteiger partial charge in [0.1, 0.15) is 0 Å². The molecule has 0 bridgehead atoms. The van der Waals surface area contributed by atoms with Gasteiger partial charge in [-0.2, -0.15) is 0 Å². The minimum atomic E-state index is -3.35. The van der Waals surface area contributed by atoms with Crippen molar-refractivity contribution in [2.45, 2.75) is 26.3 Å². The minimum absolute atomic E-state index is 0.297. The Balaban J connectivity index is 2.66. The quantitative estimate of drug-likeness (QED) is 0.719. The number of sulfonamides is 1. The Morgan fingerprint density at radius 2 is 2.14 bits per heavy atom. The number of alkyl carbamates (subject to hydrolysis) is 1. The predicted octanol–water partition coefficient (Wildman–Crippen LogP) is 2.73. The van der Waals surface area contributed by atoms with Crippen molar-refractivity contribution in [2.24, 2.45) is 0 Å². The number of anilines is 1. The molecule has 0 aliphatic heterocycles. The summed E-state index contributed by atoms with van der Waals surface area (Å²) < 4.78 is 30.0. The third-order valence-electron chi connectivity index (χ3n) is 2.80. The molecule has 0 spiro atoms. The first-order chi connectivity index (χ1) is 10.4. The molecule has 1 aromatic carbocycles. The van der Waals surface area contributed by atoms with Gasteiger partial charge in [0.25, 0.3) is 0 Å². The lowest BCUT2D eigenvalue weighted by Gasteiger charge is -2.11. The smallest absolute Gasteiger partial charge is 0.407 e. The summed E-state index contributed by atoms with van der Waals surface area (Å²) in [7, 11) is -3.35. The summed E-state index contributed by atoms with van der Waals surface area (Å²) in [6, 6.07) is 5.12. The second-order valence-electron chi connectivity index (χ2n) is 4.84. The lowest BCUT2D eigenvalue weighted by Crippen LogP contribution is -2.24. The van der Waals surface area contributed by atoms with Crippen molar-refractivity contribution in [1.82, 2.24) is 5.32 Å². The first kappa shape index (κ1) is 18.0. The number of rotatable bonds is 8. The van der Waals surface area contributed by atoms with E-state index in [1.807, 2.05) is 6.92 Å². The van der Waals surface area contributed by atoms with Crippen LogP contribution >= 0.6 is 0 Å². The van der Waals surface area contributed by atoms with E-state index in [-0.39, 0.29) is 0 Å². The summed E-state index contributed by atoms with van der Waals surface area (Å²) in [6.07, 6.45) is 3.97. The normalized spacial score (nSPS) is 10.8. The van der Waals surface area contributed by atoms with Crippen LogP contribution in [0, 0.1) is 0 Å². The molecule has 122 valence electrons. The van der Waals surface area contributed by atoms with E-state index in [4.69, 9.17) is 4.74 Å². The monoisotopic (exact) mass is 326 g/mol. The van der Waals surface area contributed by atoms with E-state index < -0.39 is 16.1 Å². The summed E-state index contributed by atoms with van der Waals surface area (Å²) in [5.74, 6) is 0. The number of carbonyl (C=O) groups is 1. The third-order valence-corrected chi connectivity index (χ3v) is 3.39. The van der Waals surface area contributed by atoms with Crippen molar-refractivity contribution in [1.29, 1.82) is 0 Å². The van der Waals surface area contributed by atoms with Gasteiger partial charge in [-0.1, -0.05) is 32.1 Å². The van der Waals surface area contributed by atoms with E-state index in [1.54, 1.807) is 24.3 Å². The zero-order chi connectivity index (χ0) is 16.6. The van der Waals surface area contributed by atoms with Gasteiger partial charge in [0.05, 0.1) is 18.6 Å². The van der Waals surface area contributed by atoms with Gasteiger partial charge in [-0.15, -0.1) is 0 Å². The molecule has 0 radical (unpaired) electrons. The molecule has 7 heteroatoms. The van der Waals surface area contributed by atoms with Crippen LogP contribution in [0.15, 0.2) is 24.8 Å². The van der Waals surface area contributed by atoms with Gasteiger partial charge in [-0.25, -0.2) is 13.2 Å². The Bertz CT molecular complexity index is 626. The zero-order valence-electron chi connectivity index (χ0n) is 12.9. The van der Waals surface area contributed by atoms with Gasteiger partial charge >= 0.3 is 6.09 Å². The first-order valence-corrected chi connectivity index (χ1v) is 8.88. The fourth-order valence-corrected chi connectivity index (χ4v) is 2.30. The fraction of sp³-hybridized carbons (Fsp3) is 0.400. The molecule has 0 aliphatic carbocycles. The van der Waals surface area contributed by atoms with Gasteiger partial charge in [0.15, 0.2) is 0 Å². The highest BCUT2D eigenvalue weighted by Gasteiger charge is 2.07. The van der Waals surface area contributed by atoms with E-state index in [0.29, 0.717) is 24.4 Å². The van der Waals surface area contributed by atoms with Crippen LogP contribution in [0.25, 0.3) is 6.08 Å². The second-order valence-corrected chi connectivity index (χ2v) is 6.59. The fourth-order valence-electron chi connectivity index (χ4n) is 1.72. The Labute approximate surface area is 131 Å². The molecule has 22 heavy (non-hydrogen) atoms. The van der Waals surface area contributed by atoms with Crippen LogP contribution in [0.4, 0.5) is 10.5 Å². The maximum atomic E-state index is 11.5.